The van der Waals surface area contributed by atoms with E-state index < -0.39 is 0 Å². The highest BCUT2D eigenvalue weighted by atomic mass is 15.2. The van der Waals surface area contributed by atoms with Gasteiger partial charge in [-0.1, -0.05) is 62.4 Å². The number of aromatic nitrogens is 2. The molecule has 4 rings (SSSR count). The van der Waals surface area contributed by atoms with E-state index in [2.05, 4.69) is 46.4 Å². The number of hydrogen-bond donors (Lipinski definition) is 1. The van der Waals surface area contributed by atoms with Crippen molar-refractivity contribution in [2.75, 3.05) is 6.54 Å². The molecule has 1 N–H and O–H groups in total. The van der Waals surface area contributed by atoms with Crippen LogP contribution < -0.4 is 5.32 Å². The first kappa shape index (κ1) is 14.0. The molecule has 1 unspecified atom stereocenters. The van der Waals surface area contributed by atoms with Crippen molar-refractivity contribution in [3.05, 3.63) is 42.4 Å². The fourth-order valence-corrected chi connectivity index (χ4v) is 4.03. The highest BCUT2D eigenvalue weighted by Gasteiger charge is 2.26. The molecule has 2 aliphatic rings. The molecule has 116 valence electrons. The third-order valence-corrected chi connectivity index (χ3v) is 5.23. The van der Waals surface area contributed by atoms with Crippen molar-refractivity contribution in [3.8, 4) is 11.3 Å². The maximum Gasteiger partial charge on any atom is 0.126 e. The van der Waals surface area contributed by atoms with E-state index in [0.29, 0.717) is 6.04 Å². The van der Waals surface area contributed by atoms with Gasteiger partial charge in [-0.15, -0.1) is 0 Å². The zero-order valence-electron chi connectivity index (χ0n) is 13.2. The van der Waals surface area contributed by atoms with Gasteiger partial charge in [-0.05, 0) is 12.3 Å². The Balaban J connectivity index is 1.56. The van der Waals surface area contributed by atoms with E-state index in [1.165, 1.54) is 49.9 Å². The van der Waals surface area contributed by atoms with Crippen LogP contribution in [0.15, 0.2) is 36.5 Å². The van der Waals surface area contributed by atoms with Gasteiger partial charge in [0.2, 0.25) is 0 Å². The lowest BCUT2D eigenvalue weighted by atomic mass is 9.84. The molecule has 0 radical (unpaired) electrons. The van der Waals surface area contributed by atoms with Crippen molar-refractivity contribution < 1.29 is 0 Å². The summed E-state index contributed by atoms with van der Waals surface area (Å²) in [7, 11) is 0. The van der Waals surface area contributed by atoms with Crippen molar-refractivity contribution in [1.82, 2.24) is 14.9 Å². The first-order valence-corrected chi connectivity index (χ1v) is 8.76. The van der Waals surface area contributed by atoms with E-state index in [-0.39, 0.29) is 0 Å². The molecule has 1 aliphatic carbocycles. The summed E-state index contributed by atoms with van der Waals surface area (Å²) < 4.78 is 2.37. The Kier molecular flexibility index (Phi) is 3.98. The van der Waals surface area contributed by atoms with Crippen molar-refractivity contribution in [2.45, 2.75) is 51.1 Å². The van der Waals surface area contributed by atoms with Crippen LogP contribution in [0.25, 0.3) is 11.3 Å². The number of nitrogens with one attached hydrogen (secondary N) is 1. The maximum absolute atomic E-state index is 4.97. The summed E-state index contributed by atoms with van der Waals surface area (Å²) in [6, 6.07) is 11.0. The van der Waals surface area contributed by atoms with E-state index >= 15 is 0 Å². The summed E-state index contributed by atoms with van der Waals surface area (Å²) in [6.45, 7) is 2.10. The lowest BCUT2D eigenvalue weighted by molar-refractivity contribution is 0.278. The summed E-state index contributed by atoms with van der Waals surface area (Å²) in [4.78, 5) is 4.97. The summed E-state index contributed by atoms with van der Waals surface area (Å²) in [5, 5.41) is 3.70. The van der Waals surface area contributed by atoms with Gasteiger partial charge in [-0.2, -0.15) is 0 Å². The molecule has 1 fully saturated rings. The average Bonchev–Trinajstić information content (AvgIpc) is 3.02. The average molecular weight is 295 g/mol. The number of imidazole rings is 1. The standard InChI is InChI=1S/C19H25N3/c1-3-7-15(8-4-1)13-17-19-21-18(14-22(19)12-11-20-17)16-9-5-2-6-10-16/h2,5-6,9-10,14-15,17,20H,1,3-4,7-8,11-13H2. The zero-order valence-corrected chi connectivity index (χ0v) is 13.2. The molecule has 1 saturated carbocycles. The van der Waals surface area contributed by atoms with Gasteiger partial charge in [0, 0.05) is 24.8 Å². The topological polar surface area (TPSA) is 29.9 Å². The van der Waals surface area contributed by atoms with Crippen LogP contribution in [0, 0.1) is 5.92 Å². The number of rotatable bonds is 3. The number of nitrogens with zero attached hydrogens (tertiary/aromatic N) is 2. The fraction of sp³-hybridized carbons (Fsp3) is 0.526. The normalized spacial score (nSPS) is 22.5. The second-order valence-electron chi connectivity index (χ2n) is 6.79. The largest absolute Gasteiger partial charge is 0.332 e. The van der Waals surface area contributed by atoms with Gasteiger partial charge in [0.15, 0.2) is 0 Å². The predicted octanol–water partition coefficient (Wildman–Crippen LogP) is 4.16. The third-order valence-electron chi connectivity index (χ3n) is 5.23. The molecule has 1 atom stereocenters. The second kappa shape index (κ2) is 6.25. The smallest absolute Gasteiger partial charge is 0.126 e. The lowest BCUT2D eigenvalue weighted by Gasteiger charge is -2.30. The Labute approximate surface area is 132 Å². The Hall–Kier alpha value is -1.61. The van der Waals surface area contributed by atoms with Crippen LogP contribution in [0.1, 0.15) is 50.4 Å². The molecule has 1 aromatic heterocycles. The van der Waals surface area contributed by atoms with E-state index in [9.17, 15) is 0 Å². The molecule has 0 bridgehead atoms. The lowest BCUT2D eigenvalue weighted by Crippen LogP contribution is -2.34. The molecule has 2 heterocycles. The van der Waals surface area contributed by atoms with Gasteiger partial charge in [0.25, 0.3) is 0 Å². The molecule has 1 aliphatic heterocycles. The van der Waals surface area contributed by atoms with Crippen LogP contribution >= 0.6 is 0 Å². The van der Waals surface area contributed by atoms with Gasteiger partial charge in [0.1, 0.15) is 5.82 Å². The molecule has 0 spiro atoms. The van der Waals surface area contributed by atoms with Crippen LogP contribution in [-0.2, 0) is 6.54 Å². The maximum atomic E-state index is 4.97. The summed E-state index contributed by atoms with van der Waals surface area (Å²) in [5.74, 6) is 2.13. The molecule has 22 heavy (non-hydrogen) atoms. The Morgan fingerprint density at radius 3 is 2.73 bits per heavy atom. The highest BCUT2D eigenvalue weighted by molar-refractivity contribution is 5.58. The fourth-order valence-electron chi connectivity index (χ4n) is 4.03. The van der Waals surface area contributed by atoms with Crippen molar-refractivity contribution >= 4 is 0 Å². The summed E-state index contributed by atoms with van der Waals surface area (Å²) in [5.41, 5.74) is 2.34. The SMILES string of the molecule is c1ccc(-c2cn3c(n2)C(CC2CCCCC2)NCC3)cc1. The predicted molar refractivity (Wildman–Crippen MR) is 89.6 cm³/mol. The van der Waals surface area contributed by atoms with Gasteiger partial charge >= 0.3 is 0 Å². The minimum absolute atomic E-state index is 0.439. The number of hydrogen-bond acceptors (Lipinski definition) is 2. The summed E-state index contributed by atoms with van der Waals surface area (Å²) >= 11 is 0. The summed E-state index contributed by atoms with van der Waals surface area (Å²) in [6.07, 6.45) is 10.6. The van der Waals surface area contributed by atoms with E-state index in [1.807, 2.05) is 0 Å². The Morgan fingerprint density at radius 2 is 1.91 bits per heavy atom. The van der Waals surface area contributed by atoms with E-state index in [0.717, 1.165) is 24.7 Å². The third kappa shape index (κ3) is 2.82. The van der Waals surface area contributed by atoms with Crippen molar-refractivity contribution in [3.63, 3.8) is 0 Å². The highest BCUT2D eigenvalue weighted by Crippen LogP contribution is 2.33. The molecular formula is C19H25N3. The molecule has 3 nitrogen and oxygen atoms in total. The van der Waals surface area contributed by atoms with Crippen LogP contribution in [0.4, 0.5) is 0 Å². The van der Waals surface area contributed by atoms with Crippen molar-refractivity contribution in [1.29, 1.82) is 0 Å². The molecular weight excluding hydrogens is 270 g/mol. The Morgan fingerprint density at radius 1 is 1.09 bits per heavy atom. The molecule has 3 heteroatoms. The van der Waals surface area contributed by atoms with Crippen LogP contribution in [0.3, 0.4) is 0 Å². The quantitative estimate of drug-likeness (QED) is 0.921. The van der Waals surface area contributed by atoms with Gasteiger partial charge in [-0.3, -0.25) is 0 Å². The zero-order chi connectivity index (χ0) is 14.8. The van der Waals surface area contributed by atoms with Gasteiger partial charge in [-0.25, -0.2) is 4.98 Å². The first-order valence-electron chi connectivity index (χ1n) is 8.76. The minimum Gasteiger partial charge on any atom is -0.332 e. The van der Waals surface area contributed by atoms with Gasteiger partial charge in [0.05, 0.1) is 11.7 Å². The van der Waals surface area contributed by atoms with Crippen LogP contribution in [-0.4, -0.2) is 16.1 Å². The monoisotopic (exact) mass is 295 g/mol. The van der Waals surface area contributed by atoms with Crippen LogP contribution in [0.5, 0.6) is 0 Å². The number of fused-ring (bicyclic) bond motifs is 1. The number of benzene rings is 1. The first-order chi connectivity index (χ1) is 10.9. The van der Waals surface area contributed by atoms with E-state index in [4.69, 9.17) is 4.98 Å². The minimum atomic E-state index is 0.439. The molecule has 0 saturated heterocycles. The van der Waals surface area contributed by atoms with Gasteiger partial charge < -0.3 is 9.88 Å². The Bertz CT molecular complexity index is 611. The van der Waals surface area contributed by atoms with E-state index in [1.54, 1.807) is 0 Å². The van der Waals surface area contributed by atoms with Crippen molar-refractivity contribution in [2.24, 2.45) is 5.92 Å². The molecule has 1 aromatic carbocycles. The second-order valence-corrected chi connectivity index (χ2v) is 6.79. The van der Waals surface area contributed by atoms with Crippen LogP contribution in [0.2, 0.25) is 0 Å². The molecule has 0 amide bonds. The molecule has 2 aromatic rings.